The van der Waals surface area contributed by atoms with Gasteiger partial charge in [-0.1, -0.05) is 54.7 Å². The molecule has 1 saturated carbocycles. The molecule has 1 aliphatic carbocycles. The molecule has 5 heteroatoms. The molecule has 2 aromatic carbocycles. The van der Waals surface area contributed by atoms with Crippen LogP contribution in [0.4, 0.5) is 0 Å². The van der Waals surface area contributed by atoms with Crippen molar-refractivity contribution in [1.29, 1.82) is 0 Å². The number of hydrogen-bond acceptors (Lipinski definition) is 3. The van der Waals surface area contributed by atoms with Gasteiger partial charge in [-0.3, -0.25) is 4.98 Å². The Labute approximate surface area is 190 Å². The van der Waals surface area contributed by atoms with Crippen molar-refractivity contribution in [2.45, 2.75) is 37.8 Å². The summed E-state index contributed by atoms with van der Waals surface area (Å²) < 4.78 is 6.11. The zero-order valence-corrected chi connectivity index (χ0v) is 18.1. The molecule has 5 aromatic rings. The summed E-state index contributed by atoms with van der Waals surface area (Å²) in [4.78, 5) is 9.40. The average Bonchev–Trinajstić information content (AvgIpc) is 3.45. The van der Waals surface area contributed by atoms with Crippen molar-refractivity contribution in [3.63, 3.8) is 0 Å². The van der Waals surface area contributed by atoms with Crippen molar-refractivity contribution in [3.8, 4) is 11.3 Å². The summed E-state index contributed by atoms with van der Waals surface area (Å²) in [7, 11) is 13.3. The molecule has 3 aromatic heterocycles. The maximum atomic E-state index is 6.66. The molecule has 3 nitrogen and oxygen atoms in total. The van der Waals surface area contributed by atoms with Crippen molar-refractivity contribution in [3.05, 3.63) is 71.9 Å². The number of pyridine rings is 2. The number of aryl methyl sites for hydroxylation is 1. The Morgan fingerprint density at radius 2 is 1.78 bits per heavy atom. The van der Waals surface area contributed by atoms with E-state index in [1.807, 2.05) is 30.5 Å². The summed E-state index contributed by atoms with van der Waals surface area (Å²) in [5, 5.41) is 2.30. The van der Waals surface area contributed by atoms with Gasteiger partial charge in [0.15, 0.2) is 0 Å². The van der Waals surface area contributed by atoms with E-state index in [0.717, 1.165) is 62.5 Å². The first-order valence-corrected chi connectivity index (χ1v) is 11.3. The Hall–Kier alpha value is -3.07. The number of fused-ring (bicyclic) bond motifs is 4. The third-order valence-corrected chi connectivity index (χ3v) is 7.08. The number of benzene rings is 2. The molecule has 0 N–H and O–H groups in total. The summed E-state index contributed by atoms with van der Waals surface area (Å²) in [6, 6.07) is 18.5. The predicted molar refractivity (Wildman–Crippen MR) is 132 cm³/mol. The van der Waals surface area contributed by atoms with E-state index < -0.39 is 5.21 Å². The number of nitrogens with zero attached hydrogens (tertiary/aromatic N) is 2. The molecule has 152 valence electrons. The Morgan fingerprint density at radius 1 is 0.969 bits per heavy atom. The lowest BCUT2D eigenvalue weighted by atomic mass is 9.45. The van der Waals surface area contributed by atoms with Gasteiger partial charge in [-0.15, -0.1) is 0 Å². The van der Waals surface area contributed by atoms with Gasteiger partial charge in [0.1, 0.15) is 5.58 Å². The number of rotatable bonds is 3. The Kier molecular flexibility index (Phi) is 4.43. The fraction of sp³-hybridized carbons (Fsp3) is 0.259. The van der Waals surface area contributed by atoms with Crippen molar-refractivity contribution >= 4 is 48.7 Å². The highest BCUT2D eigenvalue weighted by atomic mass is 16.3. The number of hydrogen-bond donors (Lipinski definition) is 0. The van der Waals surface area contributed by atoms with Gasteiger partial charge in [-0.2, -0.15) is 0 Å². The van der Waals surface area contributed by atoms with Crippen molar-refractivity contribution < 1.29 is 4.42 Å². The maximum Gasteiger partial charge on any atom is 0.227 e. The second-order valence-electron chi connectivity index (χ2n) is 9.14. The monoisotopic (exact) mass is 412 g/mol. The summed E-state index contributed by atoms with van der Waals surface area (Å²) in [6.07, 6.45) is 6.38. The minimum Gasteiger partial charge on any atom is -0.438 e. The molecule has 1 fully saturated rings. The van der Waals surface area contributed by atoms with Gasteiger partial charge in [0.05, 0.1) is 26.9 Å². The van der Waals surface area contributed by atoms with Crippen LogP contribution in [0.5, 0.6) is 0 Å². The predicted octanol–water partition coefficient (Wildman–Crippen LogP) is 6.18. The van der Waals surface area contributed by atoms with E-state index in [1.54, 1.807) is 0 Å². The molecule has 6 rings (SSSR count). The number of furan rings is 1. The van der Waals surface area contributed by atoms with Crippen LogP contribution in [0.2, 0.25) is 0 Å². The normalized spacial score (nSPS) is 15.3. The van der Waals surface area contributed by atoms with Gasteiger partial charge in [0.25, 0.3) is 0 Å². The molecule has 3 heterocycles. The van der Waals surface area contributed by atoms with E-state index in [0.29, 0.717) is 11.6 Å². The maximum absolute atomic E-state index is 6.66. The summed E-state index contributed by atoms with van der Waals surface area (Å²) in [6.45, 7) is 2.08. The van der Waals surface area contributed by atoms with E-state index in [-0.39, 0.29) is 0 Å². The van der Waals surface area contributed by atoms with E-state index in [9.17, 15) is 0 Å². The first-order valence-electron chi connectivity index (χ1n) is 11.3. The molecule has 0 unspecified atom stereocenters. The highest BCUT2D eigenvalue weighted by Gasteiger charge is 2.32. The zero-order valence-electron chi connectivity index (χ0n) is 18.1. The summed E-state index contributed by atoms with van der Waals surface area (Å²) in [5.41, 5.74) is 6.38. The molecule has 0 saturated heterocycles. The SMILES string of the molecule is [B]C([B])(c1ccnc(-c2cc3c(cc2C)oc2nc4ccccc4cc23)c1)C1CCCC1. The smallest absolute Gasteiger partial charge is 0.227 e. The van der Waals surface area contributed by atoms with Crippen LogP contribution in [0.15, 0.2) is 65.2 Å². The van der Waals surface area contributed by atoms with E-state index in [2.05, 4.69) is 42.2 Å². The average molecular weight is 412 g/mol. The third-order valence-electron chi connectivity index (χ3n) is 7.08. The standard InChI is InChI=1S/C27H22B2N2O/c1-16-12-25-21(22-13-17-6-2-5-9-23(17)31-26(22)32-25)15-20(16)24-14-19(10-11-30-24)27(28,29)18-7-3-4-8-18/h2,5-6,9-15,18H,3-4,7-8H2,1H3. The zero-order chi connectivity index (χ0) is 21.9. The summed E-state index contributed by atoms with van der Waals surface area (Å²) >= 11 is 0. The van der Waals surface area contributed by atoms with Crippen LogP contribution in [-0.4, -0.2) is 25.7 Å². The number of aromatic nitrogens is 2. The first-order chi connectivity index (χ1) is 15.5. The van der Waals surface area contributed by atoms with Crippen LogP contribution in [0, 0.1) is 12.8 Å². The largest absolute Gasteiger partial charge is 0.438 e. The van der Waals surface area contributed by atoms with Crippen molar-refractivity contribution in [2.24, 2.45) is 5.92 Å². The second kappa shape index (κ2) is 7.23. The van der Waals surface area contributed by atoms with Crippen LogP contribution >= 0.6 is 0 Å². The van der Waals surface area contributed by atoms with Crippen LogP contribution < -0.4 is 0 Å². The van der Waals surface area contributed by atoms with Gasteiger partial charge in [-0.25, -0.2) is 4.98 Å². The second-order valence-corrected chi connectivity index (χ2v) is 9.14. The minimum atomic E-state index is -0.836. The Bertz CT molecular complexity index is 1480. The molecule has 0 aliphatic heterocycles. The molecule has 4 radical (unpaired) electrons. The van der Waals surface area contributed by atoms with Crippen LogP contribution in [-0.2, 0) is 5.21 Å². The minimum absolute atomic E-state index is 0.304. The third kappa shape index (κ3) is 3.06. The number of para-hydroxylation sites is 1. The van der Waals surface area contributed by atoms with Crippen LogP contribution in [0.25, 0.3) is 44.2 Å². The molecule has 0 spiro atoms. The fourth-order valence-corrected chi connectivity index (χ4v) is 5.21. The van der Waals surface area contributed by atoms with E-state index >= 15 is 0 Å². The molecule has 32 heavy (non-hydrogen) atoms. The van der Waals surface area contributed by atoms with Crippen LogP contribution in [0.1, 0.15) is 36.8 Å². The highest BCUT2D eigenvalue weighted by molar-refractivity contribution is 6.40. The van der Waals surface area contributed by atoms with E-state index in [4.69, 9.17) is 25.1 Å². The lowest BCUT2D eigenvalue weighted by Crippen LogP contribution is -2.35. The fourth-order valence-electron chi connectivity index (χ4n) is 5.21. The van der Waals surface area contributed by atoms with Crippen molar-refractivity contribution in [2.75, 3.05) is 0 Å². The Morgan fingerprint density at radius 3 is 2.62 bits per heavy atom. The molecule has 1 aliphatic rings. The first kappa shape index (κ1) is 19.6. The van der Waals surface area contributed by atoms with Crippen molar-refractivity contribution in [1.82, 2.24) is 9.97 Å². The quantitative estimate of drug-likeness (QED) is 0.332. The highest BCUT2D eigenvalue weighted by Crippen LogP contribution is 2.40. The lowest BCUT2D eigenvalue weighted by molar-refractivity contribution is 0.486. The molecular formula is C27H22B2N2O. The van der Waals surface area contributed by atoms with Gasteiger partial charge in [-0.05, 0) is 54.8 Å². The Balaban J connectivity index is 1.51. The molecule has 0 bridgehead atoms. The van der Waals surface area contributed by atoms with Gasteiger partial charge in [0.2, 0.25) is 5.71 Å². The summed E-state index contributed by atoms with van der Waals surface area (Å²) in [5.74, 6) is 0.304. The molecular weight excluding hydrogens is 390 g/mol. The van der Waals surface area contributed by atoms with Crippen LogP contribution in [0.3, 0.4) is 0 Å². The topological polar surface area (TPSA) is 38.9 Å². The molecule has 0 atom stereocenters. The molecule has 0 amide bonds. The van der Waals surface area contributed by atoms with Gasteiger partial charge >= 0.3 is 0 Å². The lowest BCUT2D eigenvalue weighted by Gasteiger charge is -2.33. The van der Waals surface area contributed by atoms with E-state index in [1.165, 1.54) is 12.8 Å². The van der Waals surface area contributed by atoms with Gasteiger partial charge in [0, 0.05) is 27.9 Å². The van der Waals surface area contributed by atoms with Gasteiger partial charge < -0.3 is 4.42 Å².